The number of hydrogen-bond acceptors (Lipinski definition) is 2. The molecule has 3 nitrogen and oxygen atoms in total. The van der Waals surface area contributed by atoms with Crippen LogP contribution < -0.4 is 10.6 Å². The van der Waals surface area contributed by atoms with Gasteiger partial charge in [0.2, 0.25) is 0 Å². The standard InChI is InChI=1S/C23H24N2O/c1-18-12-14-21(15-13-18)24-17-16-22(19-8-4-2-5-9-19)25-23(26)20-10-6-3-7-11-20/h2-15,22,24H,16-17H2,1H3,(H,25,26). The molecule has 0 spiro atoms. The number of nitrogens with one attached hydrogen (secondary N) is 2. The van der Waals surface area contributed by atoms with Gasteiger partial charge in [0.15, 0.2) is 0 Å². The van der Waals surface area contributed by atoms with E-state index < -0.39 is 0 Å². The summed E-state index contributed by atoms with van der Waals surface area (Å²) in [6.45, 7) is 2.85. The zero-order chi connectivity index (χ0) is 18.2. The predicted molar refractivity (Wildman–Crippen MR) is 107 cm³/mol. The summed E-state index contributed by atoms with van der Waals surface area (Å²) in [5.74, 6) is -0.0465. The first kappa shape index (κ1) is 17.7. The van der Waals surface area contributed by atoms with E-state index in [1.54, 1.807) is 0 Å². The average molecular weight is 344 g/mol. The fourth-order valence-corrected chi connectivity index (χ4v) is 2.87. The molecule has 1 amide bonds. The van der Waals surface area contributed by atoms with Gasteiger partial charge in [-0.2, -0.15) is 0 Å². The molecule has 2 N–H and O–H groups in total. The lowest BCUT2D eigenvalue weighted by Crippen LogP contribution is -2.30. The number of anilines is 1. The van der Waals surface area contributed by atoms with E-state index in [0.717, 1.165) is 24.2 Å². The first-order valence-electron chi connectivity index (χ1n) is 8.94. The Hall–Kier alpha value is -3.07. The van der Waals surface area contributed by atoms with E-state index in [4.69, 9.17) is 0 Å². The van der Waals surface area contributed by atoms with Crippen LogP contribution in [-0.2, 0) is 0 Å². The minimum absolute atomic E-state index is 0.0399. The number of aryl methyl sites for hydroxylation is 1. The molecular weight excluding hydrogens is 320 g/mol. The molecule has 0 fully saturated rings. The Morgan fingerprint density at radius 2 is 1.46 bits per heavy atom. The summed E-state index contributed by atoms with van der Waals surface area (Å²) in [6.07, 6.45) is 0.802. The van der Waals surface area contributed by atoms with Crippen molar-refractivity contribution >= 4 is 11.6 Å². The summed E-state index contributed by atoms with van der Waals surface area (Å²) in [5.41, 5.74) is 4.13. The zero-order valence-corrected chi connectivity index (χ0v) is 15.0. The van der Waals surface area contributed by atoms with Crippen molar-refractivity contribution in [2.24, 2.45) is 0 Å². The van der Waals surface area contributed by atoms with Crippen molar-refractivity contribution < 1.29 is 4.79 Å². The molecule has 0 saturated heterocycles. The number of hydrogen-bond donors (Lipinski definition) is 2. The fourth-order valence-electron chi connectivity index (χ4n) is 2.87. The second kappa shape index (κ2) is 8.86. The minimum Gasteiger partial charge on any atom is -0.385 e. The molecule has 3 rings (SSSR count). The molecule has 26 heavy (non-hydrogen) atoms. The van der Waals surface area contributed by atoms with E-state index >= 15 is 0 Å². The van der Waals surface area contributed by atoms with Crippen LogP contribution in [0.15, 0.2) is 84.9 Å². The predicted octanol–water partition coefficient (Wildman–Crippen LogP) is 4.97. The van der Waals surface area contributed by atoms with Gasteiger partial charge in [0.05, 0.1) is 6.04 Å². The molecule has 3 aromatic rings. The van der Waals surface area contributed by atoms with Gasteiger partial charge in [-0.1, -0.05) is 66.2 Å². The quantitative estimate of drug-likeness (QED) is 0.635. The van der Waals surface area contributed by atoms with Crippen LogP contribution in [-0.4, -0.2) is 12.5 Å². The molecule has 0 saturated carbocycles. The van der Waals surface area contributed by atoms with Gasteiger partial charge < -0.3 is 10.6 Å². The molecule has 0 heterocycles. The zero-order valence-electron chi connectivity index (χ0n) is 15.0. The SMILES string of the molecule is Cc1ccc(NCCC(NC(=O)c2ccccc2)c2ccccc2)cc1. The molecular formula is C23H24N2O. The van der Waals surface area contributed by atoms with Crippen molar-refractivity contribution in [2.75, 3.05) is 11.9 Å². The Kier molecular flexibility index (Phi) is 6.05. The van der Waals surface area contributed by atoms with E-state index in [-0.39, 0.29) is 11.9 Å². The van der Waals surface area contributed by atoms with Crippen LogP contribution in [0.2, 0.25) is 0 Å². The minimum atomic E-state index is -0.0465. The van der Waals surface area contributed by atoms with Crippen LogP contribution in [0.25, 0.3) is 0 Å². The monoisotopic (exact) mass is 344 g/mol. The molecule has 0 aliphatic rings. The highest BCUT2D eigenvalue weighted by molar-refractivity contribution is 5.94. The van der Waals surface area contributed by atoms with E-state index in [9.17, 15) is 4.79 Å². The normalized spacial score (nSPS) is 11.6. The van der Waals surface area contributed by atoms with Gasteiger partial charge in [0, 0.05) is 17.8 Å². The molecule has 3 aromatic carbocycles. The van der Waals surface area contributed by atoms with Crippen molar-refractivity contribution in [3.8, 4) is 0 Å². The van der Waals surface area contributed by atoms with Gasteiger partial charge >= 0.3 is 0 Å². The second-order valence-electron chi connectivity index (χ2n) is 6.38. The number of amides is 1. The number of carbonyl (C=O) groups excluding carboxylic acids is 1. The second-order valence-corrected chi connectivity index (χ2v) is 6.38. The van der Waals surface area contributed by atoms with Crippen molar-refractivity contribution in [3.63, 3.8) is 0 Å². The summed E-state index contributed by atoms with van der Waals surface area (Å²) in [5, 5.41) is 6.60. The Bertz CT molecular complexity index is 814. The van der Waals surface area contributed by atoms with E-state index in [2.05, 4.69) is 54.0 Å². The van der Waals surface area contributed by atoms with Gasteiger partial charge in [0.1, 0.15) is 0 Å². The molecule has 1 unspecified atom stereocenters. The average Bonchev–Trinajstić information content (AvgIpc) is 2.70. The van der Waals surface area contributed by atoms with E-state index in [0.29, 0.717) is 5.56 Å². The molecule has 1 atom stereocenters. The molecule has 0 aliphatic heterocycles. The Balaban J connectivity index is 1.65. The molecule has 0 bridgehead atoms. The third kappa shape index (κ3) is 4.96. The number of rotatable bonds is 7. The summed E-state index contributed by atoms with van der Waals surface area (Å²) in [6, 6.07) is 27.8. The smallest absolute Gasteiger partial charge is 0.251 e. The maximum Gasteiger partial charge on any atom is 0.251 e. The third-order valence-corrected chi connectivity index (χ3v) is 4.36. The largest absolute Gasteiger partial charge is 0.385 e. The molecule has 132 valence electrons. The molecule has 0 radical (unpaired) electrons. The lowest BCUT2D eigenvalue weighted by molar-refractivity contribution is 0.0935. The first-order chi connectivity index (χ1) is 12.7. The van der Waals surface area contributed by atoms with Crippen LogP contribution in [0, 0.1) is 6.92 Å². The summed E-state index contributed by atoms with van der Waals surface area (Å²) in [7, 11) is 0. The topological polar surface area (TPSA) is 41.1 Å². The highest BCUT2D eigenvalue weighted by Gasteiger charge is 2.15. The number of benzene rings is 3. The van der Waals surface area contributed by atoms with Gasteiger partial charge in [-0.15, -0.1) is 0 Å². The van der Waals surface area contributed by atoms with Crippen molar-refractivity contribution in [3.05, 3.63) is 102 Å². The van der Waals surface area contributed by atoms with Gasteiger partial charge in [-0.25, -0.2) is 0 Å². The van der Waals surface area contributed by atoms with Crippen LogP contribution in [0.1, 0.15) is 33.9 Å². The highest BCUT2D eigenvalue weighted by atomic mass is 16.1. The Morgan fingerprint density at radius 3 is 2.12 bits per heavy atom. The van der Waals surface area contributed by atoms with Crippen LogP contribution in [0.5, 0.6) is 0 Å². The summed E-state index contributed by atoms with van der Waals surface area (Å²) >= 11 is 0. The van der Waals surface area contributed by atoms with Gasteiger partial charge in [0.25, 0.3) is 5.91 Å². The number of carbonyl (C=O) groups is 1. The van der Waals surface area contributed by atoms with E-state index in [1.807, 2.05) is 48.5 Å². The highest BCUT2D eigenvalue weighted by Crippen LogP contribution is 2.18. The Morgan fingerprint density at radius 1 is 0.846 bits per heavy atom. The van der Waals surface area contributed by atoms with Crippen LogP contribution >= 0.6 is 0 Å². The lowest BCUT2D eigenvalue weighted by Gasteiger charge is -2.20. The van der Waals surface area contributed by atoms with E-state index in [1.165, 1.54) is 5.56 Å². The molecule has 0 aromatic heterocycles. The van der Waals surface area contributed by atoms with Crippen molar-refractivity contribution in [2.45, 2.75) is 19.4 Å². The molecule has 0 aliphatic carbocycles. The Labute approximate surface area is 155 Å². The van der Waals surface area contributed by atoms with Crippen LogP contribution in [0.3, 0.4) is 0 Å². The maximum absolute atomic E-state index is 12.6. The summed E-state index contributed by atoms with van der Waals surface area (Å²) in [4.78, 5) is 12.6. The van der Waals surface area contributed by atoms with Gasteiger partial charge in [-0.3, -0.25) is 4.79 Å². The lowest BCUT2D eigenvalue weighted by atomic mass is 10.0. The molecule has 3 heteroatoms. The summed E-state index contributed by atoms with van der Waals surface area (Å²) < 4.78 is 0. The van der Waals surface area contributed by atoms with Crippen molar-refractivity contribution in [1.82, 2.24) is 5.32 Å². The fraction of sp³-hybridized carbons (Fsp3) is 0.174. The first-order valence-corrected chi connectivity index (χ1v) is 8.94. The third-order valence-electron chi connectivity index (χ3n) is 4.36. The van der Waals surface area contributed by atoms with Gasteiger partial charge in [-0.05, 0) is 43.2 Å². The van der Waals surface area contributed by atoms with Crippen molar-refractivity contribution in [1.29, 1.82) is 0 Å². The van der Waals surface area contributed by atoms with Crippen LogP contribution in [0.4, 0.5) is 5.69 Å². The maximum atomic E-state index is 12.6.